The number of pyridine rings is 1. The van der Waals surface area contributed by atoms with Crippen molar-refractivity contribution in [3.63, 3.8) is 0 Å². The predicted octanol–water partition coefficient (Wildman–Crippen LogP) is 4.55. The van der Waals surface area contributed by atoms with E-state index in [2.05, 4.69) is 15.3 Å². The third kappa shape index (κ3) is 4.52. The maximum absolute atomic E-state index is 13.1. The molecule has 1 N–H and O–H groups in total. The highest BCUT2D eigenvalue weighted by molar-refractivity contribution is 6.08. The van der Waals surface area contributed by atoms with Crippen LogP contribution in [0.1, 0.15) is 26.3 Å². The summed E-state index contributed by atoms with van der Waals surface area (Å²) >= 11 is 0. The van der Waals surface area contributed by atoms with Crippen molar-refractivity contribution in [3.05, 3.63) is 95.9 Å². The van der Waals surface area contributed by atoms with Gasteiger partial charge in [0.15, 0.2) is 5.82 Å². The topological polar surface area (TPSA) is 94.1 Å². The summed E-state index contributed by atoms with van der Waals surface area (Å²) in [5, 5.41) is 2.83. The van der Waals surface area contributed by atoms with Gasteiger partial charge < -0.3 is 10.1 Å². The van der Waals surface area contributed by atoms with Gasteiger partial charge in [0.05, 0.1) is 23.9 Å². The van der Waals surface area contributed by atoms with Crippen molar-refractivity contribution >= 4 is 17.6 Å². The lowest BCUT2D eigenvalue weighted by Gasteiger charge is -2.11. The maximum atomic E-state index is 13.1. The van der Waals surface area contributed by atoms with Crippen LogP contribution in [0.15, 0.2) is 79.3 Å². The average molecular weight is 424 g/mol. The molecule has 0 radical (unpaired) electrons. The summed E-state index contributed by atoms with van der Waals surface area (Å²) in [6, 6.07) is 17.9. The lowest BCUT2D eigenvalue weighted by molar-refractivity contribution is 0.0600. The van der Waals surface area contributed by atoms with E-state index in [4.69, 9.17) is 9.72 Å². The lowest BCUT2D eigenvalue weighted by atomic mass is 10.1. The molecule has 0 aliphatic heterocycles. The van der Waals surface area contributed by atoms with Gasteiger partial charge in [0.1, 0.15) is 0 Å². The number of ether oxygens (including phenoxy) is 1. The minimum atomic E-state index is -0.442. The summed E-state index contributed by atoms with van der Waals surface area (Å²) < 4.78 is 4.70. The molecule has 0 spiro atoms. The highest BCUT2D eigenvalue weighted by atomic mass is 16.5. The van der Waals surface area contributed by atoms with E-state index < -0.39 is 5.97 Å². The van der Waals surface area contributed by atoms with E-state index in [1.807, 2.05) is 31.2 Å². The van der Waals surface area contributed by atoms with Gasteiger partial charge in [-0.05, 0) is 43.3 Å². The molecular weight excluding hydrogens is 404 g/mol. The Balaban J connectivity index is 1.68. The zero-order valence-electron chi connectivity index (χ0n) is 17.6. The molecule has 1 amide bonds. The standard InChI is InChI=1S/C25H20N4O3/c1-16-3-5-18(6-4-16)23-27-15-21(22(29-23)17-11-13-26-14-12-17)24(30)28-20-9-7-19(8-10-20)25(31)32-2/h3-15H,1-2H3,(H,28,30). The average Bonchev–Trinajstić information content (AvgIpc) is 2.84. The second-order valence-electron chi connectivity index (χ2n) is 7.08. The number of nitrogens with zero attached hydrogens (tertiary/aromatic N) is 3. The number of carbonyl (C=O) groups excluding carboxylic acids is 2. The Morgan fingerprint density at radius 1 is 0.875 bits per heavy atom. The lowest BCUT2D eigenvalue weighted by Crippen LogP contribution is -2.15. The fraction of sp³-hybridized carbons (Fsp3) is 0.0800. The minimum absolute atomic E-state index is 0.323. The molecule has 0 fully saturated rings. The second-order valence-corrected chi connectivity index (χ2v) is 7.08. The quantitative estimate of drug-likeness (QED) is 0.472. The summed E-state index contributed by atoms with van der Waals surface area (Å²) in [6.45, 7) is 2.01. The molecule has 0 aliphatic carbocycles. The van der Waals surface area contributed by atoms with Crippen LogP contribution in [0.5, 0.6) is 0 Å². The van der Waals surface area contributed by atoms with Crippen molar-refractivity contribution in [1.82, 2.24) is 15.0 Å². The van der Waals surface area contributed by atoms with Gasteiger partial charge in [-0.25, -0.2) is 14.8 Å². The number of hydrogen-bond acceptors (Lipinski definition) is 6. The van der Waals surface area contributed by atoms with E-state index in [1.165, 1.54) is 13.3 Å². The molecule has 2 aromatic heterocycles. The molecule has 2 heterocycles. The molecule has 0 aliphatic rings. The van der Waals surface area contributed by atoms with Crippen molar-refractivity contribution in [2.45, 2.75) is 6.92 Å². The molecule has 7 heteroatoms. The zero-order valence-corrected chi connectivity index (χ0v) is 17.6. The molecule has 0 saturated carbocycles. The van der Waals surface area contributed by atoms with E-state index >= 15 is 0 Å². The Labute approximate surface area is 185 Å². The summed E-state index contributed by atoms with van der Waals surface area (Å²) in [6.07, 6.45) is 4.82. The van der Waals surface area contributed by atoms with Crippen molar-refractivity contribution in [3.8, 4) is 22.6 Å². The van der Waals surface area contributed by atoms with Crippen LogP contribution in [0, 0.1) is 6.92 Å². The largest absolute Gasteiger partial charge is 0.465 e. The van der Waals surface area contributed by atoms with Gasteiger partial charge in [-0.3, -0.25) is 9.78 Å². The Bertz CT molecular complexity index is 1250. The monoisotopic (exact) mass is 424 g/mol. The van der Waals surface area contributed by atoms with Gasteiger partial charge in [0.2, 0.25) is 0 Å². The van der Waals surface area contributed by atoms with E-state index in [0.29, 0.717) is 28.3 Å². The van der Waals surface area contributed by atoms with Crippen LogP contribution < -0.4 is 5.32 Å². The van der Waals surface area contributed by atoms with Gasteiger partial charge in [-0.1, -0.05) is 29.8 Å². The molecule has 4 rings (SSSR count). The number of aromatic nitrogens is 3. The normalized spacial score (nSPS) is 10.4. The molecule has 0 bridgehead atoms. The molecule has 0 saturated heterocycles. The van der Waals surface area contributed by atoms with Crippen LogP contribution in [-0.4, -0.2) is 33.9 Å². The molecule has 32 heavy (non-hydrogen) atoms. The first-order valence-electron chi connectivity index (χ1n) is 9.89. The van der Waals surface area contributed by atoms with E-state index in [-0.39, 0.29) is 5.91 Å². The highest BCUT2D eigenvalue weighted by Crippen LogP contribution is 2.25. The van der Waals surface area contributed by atoms with Gasteiger partial charge >= 0.3 is 5.97 Å². The molecule has 0 unspecified atom stereocenters. The number of amides is 1. The number of methoxy groups -OCH3 is 1. The summed E-state index contributed by atoms with van der Waals surface area (Å²) in [7, 11) is 1.32. The number of nitrogens with one attached hydrogen (secondary N) is 1. The number of anilines is 1. The van der Waals surface area contributed by atoms with Crippen LogP contribution in [0.2, 0.25) is 0 Å². The Morgan fingerprint density at radius 2 is 1.56 bits per heavy atom. The van der Waals surface area contributed by atoms with Gasteiger partial charge in [-0.15, -0.1) is 0 Å². The molecule has 4 aromatic rings. The Morgan fingerprint density at radius 3 is 2.22 bits per heavy atom. The number of benzene rings is 2. The Hall–Kier alpha value is -4.39. The first-order valence-corrected chi connectivity index (χ1v) is 9.89. The van der Waals surface area contributed by atoms with Crippen LogP contribution in [0.3, 0.4) is 0 Å². The maximum Gasteiger partial charge on any atom is 0.337 e. The van der Waals surface area contributed by atoms with Gasteiger partial charge in [-0.2, -0.15) is 0 Å². The van der Waals surface area contributed by atoms with E-state index in [9.17, 15) is 9.59 Å². The predicted molar refractivity (Wildman–Crippen MR) is 121 cm³/mol. The fourth-order valence-corrected chi connectivity index (χ4v) is 3.13. The van der Waals surface area contributed by atoms with Crippen molar-refractivity contribution < 1.29 is 14.3 Å². The summed E-state index contributed by atoms with van der Waals surface area (Å²) in [5.41, 5.74) is 4.50. The zero-order chi connectivity index (χ0) is 22.5. The minimum Gasteiger partial charge on any atom is -0.465 e. The van der Waals surface area contributed by atoms with Crippen LogP contribution in [0.4, 0.5) is 5.69 Å². The first-order chi connectivity index (χ1) is 15.5. The number of esters is 1. The number of aryl methyl sites for hydroxylation is 1. The van der Waals surface area contributed by atoms with Gasteiger partial charge in [0.25, 0.3) is 5.91 Å². The molecule has 158 valence electrons. The number of rotatable bonds is 5. The molecule has 7 nitrogen and oxygen atoms in total. The van der Waals surface area contributed by atoms with Crippen molar-refractivity contribution in [2.75, 3.05) is 12.4 Å². The molecular formula is C25H20N4O3. The van der Waals surface area contributed by atoms with Crippen LogP contribution >= 0.6 is 0 Å². The van der Waals surface area contributed by atoms with E-state index in [0.717, 1.165) is 16.7 Å². The third-order valence-corrected chi connectivity index (χ3v) is 4.86. The third-order valence-electron chi connectivity index (χ3n) is 4.86. The summed E-state index contributed by atoms with van der Waals surface area (Å²) in [5.74, 6) is -0.281. The molecule has 2 aromatic carbocycles. The van der Waals surface area contributed by atoms with E-state index in [1.54, 1.807) is 48.8 Å². The van der Waals surface area contributed by atoms with Crippen molar-refractivity contribution in [1.29, 1.82) is 0 Å². The highest BCUT2D eigenvalue weighted by Gasteiger charge is 2.17. The number of carbonyl (C=O) groups is 2. The SMILES string of the molecule is COC(=O)c1ccc(NC(=O)c2cnc(-c3ccc(C)cc3)nc2-c2ccncc2)cc1. The fourth-order valence-electron chi connectivity index (χ4n) is 3.13. The number of hydrogen-bond donors (Lipinski definition) is 1. The second kappa shape index (κ2) is 9.18. The summed E-state index contributed by atoms with van der Waals surface area (Å²) in [4.78, 5) is 37.9. The smallest absolute Gasteiger partial charge is 0.337 e. The van der Waals surface area contributed by atoms with Crippen LogP contribution in [-0.2, 0) is 4.74 Å². The molecule has 0 atom stereocenters. The van der Waals surface area contributed by atoms with Gasteiger partial charge in [0, 0.05) is 35.4 Å². The van der Waals surface area contributed by atoms with Crippen molar-refractivity contribution in [2.24, 2.45) is 0 Å². The Kier molecular flexibility index (Phi) is 5.98. The first kappa shape index (κ1) is 20.9. The van der Waals surface area contributed by atoms with Crippen LogP contribution in [0.25, 0.3) is 22.6 Å².